The average Bonchev–Trinajstić information content (AvgIpc) is 2.44. The Morgan fingerprint density at radius 3 is 2.87 bits per heavy atom. The third kappa shape index (κ3) is 3.36. The molecule has 0 saturated heterocycles. The molecule has 5 heteroatoms. The second-order valence-electron chi connectivity index (χ2n) is 3.69. The van der Waals surface area contributed by atoms with Crippen LogP contribution < -0.4 is 5.32 Å². The molecular formula is C10H17N3O2. The molecule has 84 valence electrons. The van der Waals surface area contributed by atoms with E-state index in [-0.39, 0.29) is 5.91 Å². The normalized spacial score (nSPS) is 12.5. The van der Waals surface area contributed by atoms with Gasteiger partial charge in [0.25, 0.3) is 5.91 Å². The Labute approximate surface area is 89.1 Å². The topological polar surface area (TPSA) is 67.2 Å². The lowest BCUT2D eigenvalue weighted by Gasteiger charge is -2.06. The number of hydrogen-bond acceptors (Lipinski definition) is 3. The Morgan fingerprint density at radius 2 is 2.40 bits per heavy atom. The van der Waals surface area contributed by atoms with Crippen molar-refractivity contribution in [2.45, 2.75) is 26.4 Å². The van der Waals surface area contributed by atoms with E-state index in [0.29, 0.717) is 18.7 Å². The number of rotatable bonds is 4. The molecule has 1 aromatic heterocycles. The van der Waals surface area contributed by atoms with E-state index in [2.05, 4.69) is 10.4 Å². The highest BCUT2D eigenvalue weighted by molar-refractivity contribution is 5.92. The second kappa shape index (κ2) is 4.93. The molecule has 0 bridgehead atoms. The molecule has 1 unspecified atom stereocenters. The highest BCUT2D eigenvalue weighted by Crippen LogP contribution is 2.01. The zero-order valence-electron chi connectivity index (χ0n) is 9.32. The van der Waals surface area contributed by atoms with Gasteiger partial charge in [-0.3, -0.25) is 9.48 Å². The Bertz CT molecular complexity index is 344. The third-order valence-electron chi connectivity index (χ3n) is 2.08. The predicted octanol–water partition coefficient (Wildman–Crippen LogP) is 0.229. The number of hydrogen-bond donors (Lipinski definition) is 2. The van der Waals surface area contributed by atoms with Gasteiger partial charge in [0, 0.05) is 13.6 Å². The van der Waals surface area contributed by atoms with Crippen molar-refractivity contribution in [3.63, 3.8) is 0 Å². The van der Waals surface area contributed by atoms with E-state index in [1.807, 2.05) is 6.92 Å². The fraction of sp³-hybridized carbons (Fsp3) is 0.600. The van der Waals surface area contributed by atoms with Crippen molar-refractivity contribution in [2.75, 3.05) is 6.54 Å². The van der Waals surface area contributed by atoms with Crippen LogP contribution in [0.4, 0.5) is 0 Å². The van der Waals surface area contributed by atoms with Gasteiger partial charge in [0.2, 0.25) is 0 Å². The van der Waals surface area contributed by atoms with Gasteiger partial charge >= 0.3 is 0 Å². The summed E-state index contributed by atoms with van der Waals surface area (Å²) in [7, 11) is 1.73. The number of aliphatic hydroxyl groups is 1. The first-order valence-corrected chi connectivity index (χ1v) is 4.97. The average molecular weight is 211 g/mol. The largest absolute Gasteiger partial charge is 0.393 e. The Balaban J connectivity index is 2.50. The number of amides is 1. The maximum absolute atomic E-state index is 11.6. The van der Waals surface area contributed by atoms with Crippen molar-refractivity contribution in [2.24, 2.45) is 7.05 Å². The number of aromatic nitrogens is 2. The number of aliphatic hydroxyl groups excluding tert-OH is 1. The van der Waals surface area contributed by atoms with Gasteiger partial charge < -0.3 is 10.4 Å². The zero-order valence-corrected chi connectivity index (χ0v) is 9.32. The van der Waals surface area contributed by atoms with Gasteiger partial charge in [-0.05, 0) is 26.3 Å². The summed E-state index contributed by atoms with van der Waals surface area (Å²) >= 11 is 0. The Hall–Kier alpha value is -1.36. The standard InChI is InChI=1S/C10H17N3O2/c1-7-6-9(13(3)12-7)10(15)11-5-4-8(2)14/h6,8,14H,4-5H2,1-3H3,(H,11,15). The lowest BCUT2D eigenvalue weighted by molar-refractivity contribution is 0.0936. The molecule has 1 aromatic rings. The molecule has 1 rings (SSSR count). The second-order valence-corrected chi connectivity index (χ2v) is 3.69. The minimum Gasteiger partial charge on any atom is -0.393 e. The van der Waals surface area contributed by atoms with E-state index in [1.165, 1.54) is 0 Å². The minimum absolute atomic E-state index is 0.154. The van der Waals surface area contributed by atoms with Crippen molar-refractivity contribution >= 4 is 5.91 Å². The molecule has 0 aliphatic heterocycles. The maximum atomic E-state index is 11.6. The summed E-state index contributed by atoms with van der Waals surface area (Å²) in [5, 5.41) is 15.8. The lowest BCUT2D eigenvalue weighted by atomic mass is 10.3. The van der Waals surface area contributed by atoms with Gasteiger partial charge in [0.05, 0.1) is 11.8 Å². The van der Waals surface area contributed by atoms with Gasteiger partial charge in [-0.15, -0.1) is 0 Å². The molecule has 0 aliphatic rings. The van der Waals surface area contributed by atoms with Gasteiger partial charge in [0.1, 0.15) is 5.69 Å². The van der Waals surface area contributed by atoms with Crippen LogP contribution in [0.15, 0.2) is 6.07 Å². The van der Waals surface area contributed by atoms with Crippen LogP contribution in [-0.4, -0.2) is 33.4 Å². The Kier molecular flexibility index (Phi) is 3.85. The molecular weight excluding hydrogens is 194 g/mol. The lowest BCUT2D eigenvalue weighted by Crippen LogP contribution is -2.28. The van der Waals surface area contributed by atoms with Crippen LogP contribution in [0.25, 0.3) is 0 Å². The number of nitrogens with zero attached hydrogens (tertiary/aromatic N) is 2. The molecule has 0 fully saturated rings. The van der Waals surface area contributed by atoms with E-state index in [0.717, 1.165) is 5.69 Å². The molecule has 0 aliphatic carbocycles. The minimum atomic E-state index is -0.390. The molecule has 1 heterocycles. The van der Waals surface area contributed by atoms with Crippen LogP contribution in [0.1, 0.15) is 29.5 Å². The molecule has 1 amide bonds. The monoisotopic (exact) mass is 211 g/mol. The van der Waals surface area contributed by atoms with Crippen molar-refractivity contribution in [1.82, 2.24) is 15.1 Å². The van der Waals surface area contributed by atoms with Crippen LogP contribution in [0.2, 0.25) is 0 Å². The number of carbonyl (C=O) groups excluding carboxylic acids is 1. The van der Waals surface area contributed by atoms with E-state index in [1.54, 1.807) is 24.7 Å². The summed E-state index contributed by atoms with van der Waals surface area (Å²) in [6.45, 7) is 4.01. The summed E-state index contributed by atoms with van der Waals surface area (Å²) in [6, 6.07) is 1.73. The maximum Gasteiger partial charge on any atom is 0.269 e. The van der Waals surface area contributed by atoms with Gasteiger partial charge in [-0.1, -0.05) is 0 Å². The van der Waals surface area contributed by atoms with Crippen LogP contribution >= 0.6 is 0 Å². The summed E-state index contributed by atoms with van der Waals surface area (Å²) in [6.07, 6.45) is 0.168. The first-order chi connectivity index (χ1) is 7.00. The van der Waals surface area contributed by atoms with E-state index >= 15 is 0 Å². The van der Waals surface area contributed by atoms with Crippen LogP contribution in [-0.2, 0) is 7.05 Å². The molecule has 5 nitrogen and oxygen atoms in total. The van der Waals surface area contributed by atoms with E-state index in [9.17, 15) is 4.79 Å². The molecule has 0 aromatic carbocycles. The fourth-order valence-corrected chi connectivity index (χ4v) is 1.31. The highest BCUT2D eigenvalue weighted by atomic mass is 16.3. The van der Waals surface area contributed by atoms with Gasteiger partial charge in [-0.25, -0.2) is 0 Å². The first-order valence-electron chi connectivity index (χ1n) is 4.97. The van der Waals surface area contributed by atoms with Crippen LogP contribution in [0.3, 0.4) is 0 Å². The SMILES string of the molecule is Cc1cc(C(=O)NCCC(C)O)n(C)n1. The fourth-order valence-electron chi connectivity index (χ4n) is 1.31. The summed E-state index contributed by atoms with van der Waals surface area (Å²) in [4.78, 5) is 11.6. The molecule has 15 heavy (non-hydrogen) atoms. The molecule has 0 saturated carbocycles. The van der Waals surface area contributed by atoms with E-state index < -0.39 is 6.10 Å². The van der Waals surface area contributed by atoms with Crippen LogP contribution in [0, 0.1) is 6.92 Å². The third-order valence-corrected chi connectivity index (χ3v) is 2.08. The van der Waals surface area contributed by atoms with Crippen molar-refractivity contribution in [3.05, 3.63) is 17.5 Å². The molecule has 2 N–H and O–H groups in total. The number of nitrogens with one attached hydrogen (secondary N) is 1. The highest BCUT2D eigenvalue weighted by Gasteiger charge is 2.10. The smallest absolute Gasteiger partial charge is 0.269 e. The molecule has 0 spiro atoms. The summed E-state index contributed by atoms with van der Waals surface area (Å²) in [5.41, 5.74) is 1.36. The number of carbonyl (C=O) groups is 1. The number of aryl methyl sites for hydroxylation is 2. The predicted molar refractivity (Wildman–Crippen MR) is 56.6 cm³/mol. The Morgan fingerprint density at radius 1 is 1.73 bits per heavy atom. The summed E-state index contributed by atoms with van der Waals surface area (Å²) in [5.74, 6) is -0.154. The molecule has 1 atom stereocenters. The quantitative estimate of drug-likeness (QED) is 0.749. The molecule has 0 radical (unpaired) electrons. The van der Waals surface area contributed by atoms with Crippen molar-refractivity contribution in [1.29, 1.82) is 0 Å². The van der Waals surface area contributed by atoms with Crippen LogP contribution in [0.5, 0.6) is 0 Å². The zero-order chi connectivity index (χ0) is 11.4. The van der Waals surface area contributed by atoms with Gasteiger partial charge in [-0.2, -0.15) is 5.10 Å². The van der Waals surface area contributed by atoms with Gasteiger partial charge in [0.15, 0.2) is 0 Å². The first kappa shape index (κ1) is 11.7. The van der Waals surface area contributed by atoms with Crippen molar-refractivity contribution < 1.29 is 9.90 Å². The van der Waals surface area contributed by atoms with Crippen molar-refractivity contribution in [3.8, 4) is 0 Å². The van der Waals surface area contributed by atoms with E-state index in [4.69, 9.17) is 5.11 Å². The summed E-state index contributed by atoms with van der Waals surface area (Å²) < 4.78 is 1.55.